The van der Waals surface area contributed by atoms with Crippen LogP contribution in [0.15, 0.2) is 45.5 Å². The molecule has 0 amide bonds. The molecule has 1 unspecified atom stereocenters. The molecule has 0 radical (unpaired) electrons. The zero-order valence-electron chi connectivity index (χ0n) is 9.60. The molecule has 3 rings (SSSR count). The summed E-state index contributed by atoms with van der Waals surface area (Å²) in [7, 11) is 0. The molecule has 0 aliphatic rings. The number of hydrogen-bond donors (Lipinski definition) is 1. The number of halogens is 1. The molecule has 0 saturated carbocycles. The van der Waals surface area contributed by atoms with Crippen LogP contribution >= 0.6 is 11.3 Å². The Morgan fingerprint density at radius 1 is 1.33 bits per heavy atom. The third-order valence-corrected chi connectivity index (χ3v) is 3.65. The molecule has 18 heavy (non-hydrogen) atoms. The first kappa shape index (κ1) is 11.4. The van der Waals surface area contributed by atoms with Crippen molar-refractivity contribution in [2.45, 2.75) is 12.5 Å². The van der Waals surface area contributed by atoms with E-state index in [0.717, 1.165) is 5.39 Å². The van der Waals surface area contributed by atoms with E-state index in [0.29, 0.717) is 12.2 Å². The average Bonchev–Trinajstić information content (AvgIpc) is 2.97. The summed E-state index contributed by atoms with van der Waals surface area (Å²) in [6, 6.07) is 8.49. The molecule has 1 aromatic carbocycles. The van der Waals surface area contributed by atoms with Crippen molar-refractivity contribution in [3.63, 3.8) is 0 Å². The highest BCUT2D eigenvalue weighted by Crippen LogP contribution is 2.26. The van der Waals surface area contributed by atoms with Gasteiger partial charge in [-0.05, 0) is 40.9 Å². The van der Waals surface area contributed by atoms with E-state index in [9.17, 15) is 4.39 Å². The number of furan rings is 1. The number of hydrogen-bond acceptors (Lipinski definition) is 3. The standard InChI is InChI=1S/C14H12FNOS/c15-11-3-1-2-10-7-13(17-14(10)11)12(16)6-9-4-5-18-8-9/h1-5,7-8,12H,6,16H2. The summed E-state index contributed by atoms with van der Waals surface area (Å²) in [6.07, 6.45) is 0.699. The molecule has 92 valence electrons. The molecular formula is C14H12FNOS. The summed E-state index contributed by atoms with van der Waals surface area (Å²) in [5.41, 5.74) is 7.55. The van der Waals surface area contributed by atoms with Crippen LogP contribution in [0.5, 0.6) is 0 Å². The minimum absolute atomic E-state index is 0.244. The smallest absolute Gasteiger partial charge is 0.169 e. The fourth-order valence-electron chi connectivity index (χ4n) is 1.99. The van der Waals surface area contributed by atoms with Gasteiger partial charge in [-0.15, -0.1) is 0 Å². The topological polar surface area (TPSA) is 39.2 Å². The molecule has 4 heteroatoms. The molecule has 2 nitrogen and oxygen atoms in total. The van der Waals surface area contributed by atoms with Crippen molar-refractivity contribution >= 4 is 22.3 Å². The molecule has 2 N–H and O–H groups in total. The monoisotopic (exact) mass is 261 g/mol. The Kier molecular flexibility index (Phi) is 2.89. The third-order valence-electron chi connectivity index (χ3n) is 2.92. The van der Waals surface area contributed by atoms with Crippen LogP contribution in [0.2, 0.25) is 0 Å². The van der Waals surface area contributed by atoms with Crippen LogP contribution in [0.25, 0.3) is 11.0 Å². The Balaban J connectivity index is 1.92. The molecule has 0 bridgehead atoms. The second kappa shape index (κ2) is 4.55. The van der Waals surface area contributed by atoms with Gasteiger partial charge in [0.1, 0.15) is 5.76 Å². The number of nitrogens with two attached hydrogens (primary N) is 1. The van der Waals surface area contributed by atoms with Gasteiger partial charge in [-0.25, -0.2) is 4.39 Å². The number of benzene rings is 1. The summed E-state index contributed by atoms with van der Waals surface area (Å²) in [4.78, 5) is 0. The summed E-state index contributed by atoms with van der Waals surface area (Å²) < 4.78 is 19.0. The van der Waals surface area contributed by atoms with Crippen molar-refractivity contribution in [2.24, 2.45) is 5.73 Å². The first-order chi connectivity index (χ1) is 8.74. The third kappa shape index (κ3) is 2.05. The van der Waals surface area contributed by atoms with Gasteiger partial charge in [-0.1, -0.05) is 12.1 Å². The predicted molar refractivity (Wildman–Crippen MR) is 71.1 cm³/mol. The highest BCUT2D eigenvalue weighted by atomic mass is 32.1. The van der Waals surface area contributed by atoms with E-state index in [4.69, 9.17) is 10.2 Å². The second-order valence-electron chi connectivity index (χ2n) is 4.25. The fourth-order valence-corrected chi connectivity index (χ4v) is 2.67. The van der Waals surface area contributed by atoms with E-state index in [1.54, 1.807) is 17.4 Å². The zero-order valence-corrected chi connectivity index (χ0v) is 10.4. The van der Waals surface area contributed by atoms with E-state index in [1.165, 1.54) is 11.6 Å². The van der Waals surface area contributed by atoms with Gasteiger partial charge in [0.25, 0.3) is 0 Å². The van der Waals surface area contributed by atoms with Gasteiger partial charge in [-0.3, -0.25) is 0 Å². The van der Waals surface area contributed by atoms with Crippen molar-refractivity contribution in [1.82, 2.24) is 0 Å². The van der Waals surface area contributed by atoms with Gasteiger partial charge < -0.3 is 10.2 Å². The maximum atomic E-state index is 13.5. The molecule has 2 heterocycles. The molecular weight excluding hydrogens is 249 g/mol. The lowest BCUT2D eigenvalue weighted by Gasteiger charge is -2.06. The first-order valence-corrected chi connectivity index (χ1v) is 6.63. The first-order valence-electron chi connectivity index (χ1n) is 5.68. The lowest BCUT2D eigenvalue weighted by atomic mass is 10.1. The number of fused-ring (bicyclic) bond motifs is 1. The minimum Gasteiger partial charge on any atom is -0.456 e. The highest BCUT2D eigenvalue weighted by Gasteiger charge is 2.14. The van der Waals surface area contributed by atoms with Gasteiger partial charge in [0, 0.05) is 5.39 Å². The maximum Gasteiger partial charge on any atom is 0.169 e. The normalized spacial score (nSPS) is 13.0. The Hall–Kier alpha value is -1.65. The van der Waals surface area contributed by atoms with Gasteiger partial charge in [-0.2, -0.15) is 11.3 Å². The molecule has 3 aromatic rings. The predicted octanol–water partition coefficient (Wildman–Crippen LogP) is 3.88. The molecule has 0 spiro atoms. The van der Waals surface area contributed by atoms with E-state index in [2.05, 4.69) is 5.38 Å². The Bertz CT molecular complexity index is 660. The van der Waals surface area contributed by atoms with Gasteiger partial charge >= 0.3 is 0 Å². The van der Waals surface area contributed by atoms with Gasteiger partial charge in [0.05, 0.1) is 6.04 Å². The summed E-state index contributed by atoms with van der Waals surface area (Å²) in [5.74, 6) is 0.280. The van der Waals surface area contributed by atoms with E-state index < -0.39 is 0 Å². The zero-order chi connectivity index (χ0) is 12.5. The van der Waals surface area contributed by atoms with Crippen molar-refractivity contribution in [2.75, 3.05) is 0 Å². The van der Waals surface area contributed by atoms with Crippen molar-refractivity contribution in [1.29, 1.82) is 0 Å². The lowest BCUT2D eigenvalue weighted by molar-refractivity contribution is 0.478. The Morgan fingerprint density at radius 2 is 2.22 bits per heavy atom. The van der Waals surface area contributed by atoms with Crippen LogP contribution < -0.4 is 5.73 Å². The number of para-hydroxylation sites is 1. The highest BCUT2D eigenvalue weighted by molar-refractivity contribution is 7.07. The van der Waals surface area contributed by atoms with Crippen LogP contribution in [-0.2, 0) is 6.42 Å². The van der Waals surface area contributed by atoms with Crippen molar-refractivity contribution < 1.29 is 8.81 Å². The average molecular weight is 261 g/mol. The van der Waals surface area contributed by atoms with Crippen LogP contribution in [0.3, 0.4) is 0 Å². The lowest BCUT2D eigenvalue weighted by Crippen LogP contribution is -2.11. The molecule has 2 aromatic heterocycles. The Morgan fingerprint density at radius 3 is 2.94 bits per heavy atom. The summed E-state index contributed by atoms with van der Waals surface area (Å²) >= 11 is 1.64. The quantitative estimate of drug-likeness (QED) is 0.777. The molecule has 0 aliphatic carbocycles. The van der Waals surface area contributed by atoms with Gasteiger partial charge in [0.15, 0.2) is 11.4 Å². The maximum absolute atomic E-state index is 13.5. The second-order valence-corrected chi connectivity index (χ2v) is 5.03. The van der Waals surface area contributed by atoms with Crippen LogP contribution in [0.4, 0.5) is 4.39 Å². The van der Waals surface area contributed by atoms with Crippen LogP contribution in [-0.4, -0.2) is 0 Å². The van der Waals surface area contributed by atoms with E-state index in [-0.39, 0.29) is 17.4 Å². The van der Waals surface area contributed by atoms with Crippen LogP contribution in [0.1, 0.15) is 17.4 Å². The summed E-state index contributed by atoms with van der Waals surface area (Å²) in [5, 5.41) is 4.83. The Labute approximate surface area is 108 Å². The van der Waals surface area contributed by atoms with E-state index in [1.807, 2.05) is 23.6 Å². The van der Waals surface area contributed by atoms with Crippen molar-refractivity contribution in [3.8, 4) is 0 Å². The molecule has 0 aliphatic heterocycles. The summed E-state index contributed by atoms with van der Waals surface area (Å²) in [6.45, 7) is 0. The molecule has 1 atom stereocenters. The molecule has 0 saturated heterocycles. The van der Waals surface area contributed by atoms with Gasteiger partial charge in [0.2, 0.25) is 0 Å². The van der Waals surface area contributed by atoms with E-state index >= 15 is 0 Å². The van der Waals surface area contributed by atoms with Crippen LogP contribution in [0, 0.1) is 5.82 Å². The van der Waals surface area contributed by atoms with Crippen molar-refractivity contribution in [3.05, 3.63) is 58.2 Å². The SMILES string of the molecule is NC(Cc1ccsc1)c1cc2cccc(F)c2o1. The number of thiophene rings is 1. The largest absolute Gasteiger partial charge is 0.456 e. The number of rotatable bonds is 3. The fraction of sp³-hybridized carbons (Fsp3) is 0.143. The minimum atomic E-state index is -0.346. The molecule has 0 fully saturated rings.